The molecule has 1 aliphatic heterocycles. The van der Waals surface area contributed by atoms with Crippen molar-refractivity contribution in [3.63, 3.8) is 0 Å². The van der Waals surface area contributed by atoms with Gasteiger partial charge in [-0.15, -0.1) is 0 Å². The zero-order chi connectivity index (χ0) is 15.1. The van der Waals surface area contributed by atoms with Gasteiger partial charge in [-0.2, -0.15) is 5.10 Å². The first-order valence-electron chi connectivity index (χ1n) is 7.42. The molecule has 4 heterocycles. The van der Waals surface area contributed by atoms with Crippen LogP contribution in [0.25, 0.3) is 5.65 Å². The summed E-state index contributed by atoms with van der Waals surface area (Å²) >= 11 is 0. The molecule has 0 spiro atoms. The van der Waals surface area contributed by atoms with Crippen LogP contribution in [0.3, 0.4) is 0 Å². The molecule has 0 atom stereocenters. The molecule has 0 N–H and O–H groups in total. The molecule has 1 amide bonds. The molecule has 3 aromatic heterocycles. The van der Waals surface area contributed by atoms with Crippen molar-refractivity contribution in [1.82, 2.24) is 24.1 Å². The van der Waals surface area contributed by atoms with Gasteiger partial charge >= 0.3 is 0 Å². The van der Waals surface area contributed by atoms with Gasteiger partial charge in [0.1, 0.15) is 6.54 Å². The standard InChI is InChI=1S/C16H17N5O/c1-12-8-15-17-9-13-10-20(7-4-14(13)21(15)18-12)16(22)11-19-5-2-3-6-19/h2-3,5-6,8-9H,4,7,10-11H2,1H3. The van der Waals surface area contributed by atoms with Crippen LogP contribution in [0.15, 0.2) is 36.8 Å². The van der Waals surface area contributed by atoms with Crippen LogP contribution in [-0.2, 0) is 24.3 Å². The predicted molar refractivity (Wildman–Crippen MR) is 81.3 cm³/mol. The summed E-state index contributed by atoms with van der Waals surface area (Å²) in [5, 5.41) is 4.50. The minimum Gasteiger partial charge on any atom is -0.345 e. The van der Waals surface area contributed by atoms with Crippen LogP contribution in [0, 0.1) is 6.92 Å². The molecule has 0 saturated carbocycles. The van der Waals surface area contributed by atoms with Gasteiger partial charge in [0.2, 0.25) is 5.91 Å². The van der Waals surface area contributed by atoms with Gasteiger partial charge in [0, 0.05) is 49.7 Å². The minimum absolute atomic E-state index is 0.138. The Bertz CT molecular complexity index is 834. The van der Waals surface area contributed by atoms with E-state index in [-0.39, 0.29) is 5.91 Å². The average molecular weight is 295 g/mol. The smallest absolute Gasteiger partial charge is 0.242 e. The maximum Gasteiger partial charge on any atom is 0.242 e. The van der Waals surface area contributed by atoms with Crippen LogP contribution < -0.4 is 0 Å². The van der Waals surface area contributed by atoms with Crippen LogP contribution in [0.2, 0.25) is 0 Å². The Morgan fingerprint density at radius 1 is 1.32 bits per heavy atom. The lowest BCUT2D eigenvalue weighted by molar-refractivity contribution is -0.132. The first kappa shape index (κ1) is 13.1. The summed E-state index contributed by atoms with van der Waals surface area (Å²) in [6.07, 6.45) is 6.51. The maximum atomic E-state index is 12.4. The molecule has 1 aliphatic rings. The molecule has 4 rings (SSSR count). The topological polar surface area (TPSA) is 55.4 Å². The number of amides is 1. The number of carbonyl (C=O) groups is 1. The Balaban J connectivity index is 1.59. The van der Waals surface area contributed by atoms with Crippen LogP contribution in [-0.4, -0.2) is 36.5 Å². The first-order chi connectivity index (χ1) is 10.7. The van der Waals surface area contributed by atoms with Crippen LogP contribution in [0.4, 0.5) is 0 Å². The van der Waals surface area contributed by atoms with Crippen molar-refractivity contribution in [2.24, 2.45) is 0 Å². The molecule has 0 fully saturated rings. The number of hydrogen-bond acceptors (Lipinski definition) is 3. The Kier molecular flexibility index (Phi) is 2.96. The molecule has 0 aromatic carbocycles. The van der Waals surface area contributed by atoms with Gasteiger partial charge in [-0.05, 0) is 19.1 Å². The summed E-state index contributed by atoms with van der Waals surface area (Å²) in [5.41, 5.74) is 4.10. The number of aryl methyl sites for hydroxylation is 1. The quantitative estimate of drug-likeness (QED) is 0.718. The molecule has 0 radical (unpaired) electrons. The highest BCUT2D eigenvalue weighted by molar-refractivity contribution is 5.76. The van der Waals surface area contributed by atoms with E-state index < -0.39 is 0 Å². The van der Waals surface area contributed by atoms with E-state index in [4.69, 9.17) is 0 Å². The summed E-state index contributed by atoms with van der Waals surface area (Å²) < 4.78 is 3.81. The molecule has 6 heteroatoms. The van der Waals surface area contributed by atoms with E-state index in [0.29, 0.717) is 13.1 Å². The Labute approximate surface area is 128 Å². The molecule has 112 valence electrons. The first-order valence-corrected chi connectivity index (χ1v) is 7.42. The summed E-state index contributed by atoms with van der Waals surface area (Å²) in [7, 11) is 0. The Morgan fingerprint density at radius 3 is 2.95 bits per heavy atom. The molecule has 0 saturated heterocycles. The van der Waals surface area contributed by atoms with Gasteiger partial charge in [-0.1, -0.05) is 0 Å². The summed E-state index contributed by atoms with van der Waals surface area (Å²) in [6, 6.07) is 5.84. The van der Waals surface area contributed by atoms with Gasteiger partial charge in [0.05, 0.1) is 11.4 Å². The van der Waals surface area contributed by atoms with Crippen molar-refractivity contribution in [3.8, 4) is 0 Å². The van der Waals surface area contributed by atoms with E-state index in [2.05, 4.69) is 10.1 Å². The lowest BCUT2D eigenvalue weighted by Crippen LogP contribution is -2.38. The number of nitrogens with zero attached hydrogens (tertiary/aromatic N) is 5. The number of fused-ring (bicyclic) bond motifs is 3. The minimum atomic E-state index is 0.138. The zero-order valence-corrected chi connectivity index (χ0v) is 12.4. The molecule has 0 bridgehead atoms. The average Bonchev–Trinajstić information content (AvgIpc) is 3.15. The number of carbonyl (C=O) groups excluding carboxylic acids is 1. The van der Waals surface area contributed by atoms with E-state index in [1.807, 2.05) is 57.7 Å². The Hall–Kier alpha value is -2.63. The second-order valence-electron chi connectivity index (χ2n) is 5.71. The van der Waals surface area contributed by atoms with Crippen LogP contribution in [0.5, 0.6) is 0 Å². The largest absolute Gasteiger partial charge is 0.345 e. The second-order valence-corrected chi connectivity index (χ2v) is 5.71. The second kappa shape index (κ2) is 4.98. The molecule has 6 nitrogen and oxygen atoms in total. The monoisotopic (exact) mass is 295 g/mol. The highest BCUT2D eigenvalue weighted by atomic mass is 16.2. The SMILES string of the molecule is Cc1cc2ncc3c(n2n1)CCN(C(=O)Cn1cccc1)C3. The van der Waals surface area contributed by atoms with Gasteiger partial charge < -0.3 is 9.47 Å². The normalized spacial score (nSPS) is 14.3. The van der Waals surface area contributed by atoms with E-state index in [9.17, 15) is 4.79 Å². The molecular weight excluding hydrogens is 278 g/mol. The third kappa shape index (κ3) is 2.16. The van der Waals surface area contributed by atoms with E-state index in [1.165, 1.54) is 5.69 Å². The Morgan fingerprint density at radius 2 is 2.14 bits per heavy atom. The van der Waals surface area contributed by atoms with Crippen molar-refractivity contribution < 1.29 is 4.79 Å². The summed E-state index contributed by atoms with van der Waals surface area (Å²) in [4.78, 5) is 18.7. The number of rotatable bonds is 2. The van der Waals surface area contributed by atoms with E-state index >= 15 is 0 Å². The van der Waals surface area contributed by atoms with E-state index in [0.717, 1.165) is 29.9 Å². The van der Waals surface area contributed by atoms with Gasteiger partial charge in [0.15, 0.2) is 5.65 Å². The third-order valence-corrected chi connectivity index (χ3v) is 4.11. The number of aromatic nitrogens is 4. The zero-order valence-electron chi connectivity index (χ0n) is 12.4. The fourth-order valence-corrected chi connectivity index (χ4v) is 3.00. The van der Waals surface area contributed by atoms with E-state index in [1.54, 1.807) is 0 Å². The highest BCUT2D eigenvalue weighted by Crippen LogP contribution is 2.20. The number of hydrogen-bond donors (Lipinski definition) is 0. The van der Waals surface area contributed by atoms with Crippen molar-refractivity contribution in [2.75, 3.05) is 6.54 Å². The van der Waals surface area contributed by atoms with Crippen LogP contribution in [0.1, 0.15) is 17.0 Å². The molecule has 0 unspecified atom stereocenters. The fourth-order valence-electron chi connectivity index (χ4n) is 3.00. The third-order valence-electron chi connectivity index (χ3n) is 4.11. The van der Waals surface area contributed by atoms with Crippen molar-refractivity contribution in [3.05, 3.63) is 53.7 Å². The van der Waals surface area contributed by atoms with Crippen LogP contribution >= 0.6 is 0 Å². The van der Waals surface area contributed by atoms with Crippen molar-refractivity contribution >= 4 is 11.6 Å². The highest BCUT2D eigenvalue weighted by Gasteiger charge is 2.23. The molecule has 3 aromatic rings. The van der Waals surface area contributed by atoms with Gasteiger partial charge in [-0.3, -0.25) is 4.79 Å². The molecular formula is C16H17N5O. The summed E-state index contributed by atoms with van der Waals surface area (Å²) in [6.45, 7) is 3.69. The predicted octanol–water partition coefficient (Wildman–Crippen LogP) is 1.42. The van der Waals surface area contributed by atoms with Gasteiger partial charge in [0.25, 0.3) is 0 Å². The maximum absolute atomic E-state index is 12.4. The van der Waals surface area contributed by atoms with Gasteiger partial charge in [-0.25, -0.2) is 9.50 Å². The lowest BCUT2D eigenvalue weighted by atomic mass is 10.1. The summed E-state index contributed by atoms with van der Waals surface area (Å²) in [5.74, 6) is 0.138. The molecule has 22 heavy (non-hydrogen) atoms. The van der Waals surface area contributed by atoms with Crippen molar-refractivity contribution in [1.29, 1.82) is 0 Å². The van der Waals surface area contributed by atoms with Crippen molar-refractivity contribution in [2.45, 2.75) is 26.4 Å². The fraction of sp³-hybridized carbons (Fsp3) is 0.312. The molecule has 0 aliphatic carbocycles. The lowest BCUT2D eigenvalue weighted by Gasteiger charge is -2.29.